The summed E-state index contributed by atoms with van der Waals surface area (Å²) >= 11 is 5.68. The molecule has 0 N–H and O–H groups in total. The normalized spacial score (nSPS) is 15.4. The van der Waals surface area contributed by atoms with Crippen LogP contribution in [0.2, 0.25) is 0 Å². The van der Waals surface area contributed by atoms with Crippen LogP contribution in [-0.4, -0.2) is 31.0 Å². The van der Waals surface area contributed by atoms with Gasteiger partial charge in [-0.3, -0.25) is 19.4 Å². The van der Waals surface area contributed by atoms with Gasteiger partial charge in [-0.25, -0.2) is 0 Å². The molecule has 5 nitrogen and oxygen atoms in total. The Morgan fingerprint density at radius 3 is 1.94 bits per heavy atom. The second kappa shape index (κ2) is 9.00. The van der Waals surface area contributed by atoms with Crippen molar-refractivity contribution in [2.24, 2.45) is 0 Å². The summed E-state index contributed by atoms with van der Waals surface area (Å²) in [7, 11) is 3.92. The van der Waals surface area contributed by atoms with Gasteiger partial charge in [-0.1, -0.05) is 36.4 Å². The fraction of sp³-hybridized carbons (Fsp3) is 0.148. The van der Waals surface area contributed by atoms with E-state index in [4.69, 9.17) is 12.2 Å². The largest absolute Gasteiger partial charge is 0.378 e. The van der Waals surface area contributed by atoms with Crippen molar-refractivity contribution < 1.29 is 9.59 Å². The van der Waals surface area contributed by atoms with E-state index >= 15 is 0 Å². The molecular weight excluding hydrogens is 430 g/mol. The number of carbonyl (C=O) groups is 2. The molecule has 0 saturated carbocycles. The summed E-state index contributed by atoms with van der Waals surface area (Å²) in [6, 6.07) is 22.6. The van der Waals surface area contributed by atoms with Crippen molar-refractivity contribution in [2.45, 2.75) is 13.8 Å². The van der Waals surface area contributed by atoms with E-state index in [0.29, 0.717) is 11.4 Å². The van der Waals surface area contributed by atoms with Crippen molar-refractivity contribution in [1.82, 2.24) is 0 Å². The first-order valence-electron chi connectivity index (χ1n) is 10.6. The third-order valence-corrected chi connectivity index (χ3v) is 6.10. The molecule has 166 valence electrons. The van der Waals surface area contributed by atoms with Gasteiger partial charge in [0.25, 0.3) is 11.8 Å². The fourth-order valence-corrected chi connectivity index (χ4v) is 4.04. The molecule has 6 heteroatoms. The number of hydrogen-bond acceptors (Lipinski definition) is 4. The maximum Gasteiger partial charge on any atom is 0.270 e. The highest BCUT2D eigenvalue weighted by molar-refractivity contribution is 7.81. The predicted octanol–water partition coefficient (Wildman–Crippen LogP) is 5.12. The number of para-hydroxylation sites is 1. The van der Waals surface area contributed by atoms with Gasteiger partial charge in [-0.2, -0.15) is 0 Å². The van der Waals surface area contributed by atoms with Crippen LogP contribution in [0.1, 0.15) is 16.7 Å². The second-order valence-corrected chi connectivity index (χ2v) is 8.58. The van der Waals surface area contributed by atoms with E-state index in [9.17, 15) is 9.59 Å². The molecule has 2 amide bonds. The summed E-state index contributed by atoms with van der Waals surface area (Å²) in [4.78, 5) is 32.0. The standard InChI is InChI=1S/C27H25N3O2S/c1-18-10-13-23(16-19(18)2)30-26(32)24(17-20-11-14-21(15-12-20)28(3)4)25(31)29(27(30)33)22-8-6-5-7-9-22/h5-17H,1-4H3/b24-17-. The van der Waals surface area contributed by atoms with Crippen LogP contribution in [0.3, 0.4) is 0 Å². The Morgan fingerprint density at radius 2 is 1.36 bits per heavy atom. The molecule has 1 aliphatic heterocycles. The highest BCUT2D eigenvalue weighted by atomic mass is 32.1. The van der Waals surface area contributed by atoms with Gasteiger partial charge in [0.05, 0.1) is 11.4 Å². The van der Waals surface area contributed by atoms with Crippen molar-refractivity contribution in [2.75, 3.05) is 28.8 Å². The zero-order chi connectivity index (χ0) is 23.7. The van der Waals surface area contributed by atoms with Crippen LogP contribution in [0.4, 0.5) is 17.1 Å². The minimum Gasteiger partial charge on any atom is -0.378 e. The molecule has 0 aromatic heterocycles. The van der Waals surface area contributed by atoms with Gasteiger partial charge >= 0.3 is 0 Å². The number of hydrogen-bond donors (Lipinski definition) is 0. The average Bonchev–Trinajstić information content (AvgIpc) is 2.80. The maximum absolute atomic E-state index is 13.6. The average molecular weight is 456 g/mol. The SMILES string of the molecule is Cc1ccc(N2C(=O)/C(=C\c3ccc(N(C)C)cc3)C(=O)N(c3ccccc3)C2=S)cc1C. The first-order chi connectivity index (χ1) is 15.8. The lowest BCUT2D eigenvalue weighted by Crippen LogP contribution is -2.57. The van der Waals surface area contributed by atoms with E-state index in [1.165, 1.54) is 9.80 Å². The Hall–Kier alpha value is -3.77. The third-order valence-electron chi connectivity index (χ3n) is 5.73. The van der Waals surface area contributed by atoms with Gasteiger partial charge in [-0.05, 0) is 85.2 Å². The van der Waals surface area contributed by atoms with Crippen molar-refractivity contribution in [3.63, 3.8) is 0 Å². The summed E-state index contributed by atoms with van der Waals surface area (Å²) in [5.74, 6) is -0.870. The van der Waals surface area contributed by atoms with E-state index < -0.39 is 11.8 Å². The van der Waals surface area contributed by atoms with E-state index in [0.717, 1.165) is 22.4 Å². The smallest absolute Gasteiger partial charge is 0.270 e. The van der Waals surface area contributed by atoms with Gasteiger partial charge in [0.15, 0.2) is 5.11 Å². The lowest BCUT2D eigenvalue weighted by molar-refractivity contribution is -0.120. The van der Waals surface area contributed by atoms with E-state index in [1.54, 1.807) is 6.08 Å². The Bertz CT molecular complexity index is 1260. The summed E-state index contributed by atoms with van der Waals surface area (Å²) in [5, 5.41) is 0.138. The number of thiocarbonyl (C=S) groups is 1. The highest BCUT2D eigenvalue weighted by Gasteiger charge is 2.41. The molecule has 0 radical (unpaired) electrons. The number of rotatable bonds is 4. The highest BCUT2D eigenvalue weighted by Crippen LogP contribution is 2.31. The number of carbonyl (C=O) groups excluding carboxylic acids is 2. The quantitative estimate of drug-likeness (QED) is 0.311. The molecule has 0 bridgehead atoms. The molecule has 1 heterocycles. The van der Waals surface area contributed by atoms with Crippen LogP contribution in [0, 0.1) is 13.8 Å². The molecule has 1 saturated heterocycles. The Balaban J connectivity index is 1.84. The number of nitrogens with zero attached hydrogens (tertiary/aromatic N) is 3. The van der Waals surface area contributed by atoms with E-state index in [-0.39, 0.29) is 10.7 Å². The van der Waals surface area contributed by atoms with Gasteiger partial charge in [0.1, 0.15) is 5.57 Å². The molecule has 33 heavy (non-hydrogen) atoms. The predicted molar refractivity (Wildman–Crippen MR) is 139 cm³/mol. The first kappa shape index (κ1) is 22.4. The first-order valence-corrected chi connectivity index (χ1v) is 11.0. The molecular formula is C27H25N3O2S. The molecule has 0 atom stereocenters. The minimum atomic E-state index is -0.437. The Morgan fingerprint density at radius 1 is 0.758 bits per heavy atom. The Labute approximate surface area is 199 Å². The zero-order valence-corrected chi connectivity index (χ0v) is 19.9. The molecule has 4 rings (SSSR count). The van der Waals surface area contributed by atoms with Crippen LogP contribution in [0.15, 0.2) is 78.4 Å². The molecule has 1 fully saturated rings. The third kappa shape index (κ3) is 4.30. The van der Waals surface area contributed by atoms with Gasteiger partial charge in [0, 0.05) is 19.8 Å². The molecule has 3 aromatic carbocycles. The molecule has 0 unspecified atom stereocenters. The van der Waals surface area contributed by atoms with Crippen LogP contribution in [-0.2, 0) is 9.59 Å². The summed E-state index contributed by atoms with van der Waals surface area (Å²) in [6.07, 6.45) is 1.63. The topological polar surface area (TPSA) is 43.9 Å². The number of aryl methyl sites for hydroxylation is 2. The van der Waals surface area contributed by atoms with Gasteiger partial charge < -0.3 is 4.90 Å². The zero-order valence-electron chi connectivity index (χ0n) is 19.1. The van der Waals surface area contributed by atoms with Crippen LogP contribution >= 0.6 is 12.2 Å². The van der Waals surface area contributed by atoms with Crippen LogP contribution < -0.4 is 14.7 Å². The second-order valence-electron chi connectivity index (χ2n) is 8.21. The lowest BCUT2D eigenvalue weighted by Gasteiger charge is -2.36. The monoisotopic (exact) mass is 455 g/mol. The summed E-state index contributed by atoms with van der Waals surface area (Å²) < 4.78 is 0. The van der Waals surface area contributed by atoms with Crippen LogP contribution in [0.25, 0.3) is 6.08 Å². The molecule has 0 aliphatic carbocycles. The van der Waals surface area contributed by atoms with Crippen molar-refractivity contribution in [3.05, 3.63) is 95.1 Å². The number of benzene rings is 3. The number of amides is 2. The van der Waals surface area contributed by atoms with Crippen molar-refractivity contribution in [1.29, 1.82) is 0 Å². The summed E-state index contributed by atoms with van der Waals surface area (Å²) in [5.41, 5.74) is 5.25. The minimum absolute atomic E-state index is 0.0586. The van der Waals surface area contributed by atoms with E-state index in [2.05, 4.69) is 0 Å². The molecule has 3 aromatic rings. The van der Waals surface area contributed by atoms with Crippen molar-refractivity contribution >= 4 is 52.3 Å². The van der Waals surface area contributed by atoms with Gasteiger partial charge in [0.2, 0.25) is 0 Å². The summed E-state index contributed by atoms with van der Waals surface area (Å²) in [6.45, 7) is 4.00. The van der Waals surface area contributed by atoms with E-state index in [1.807, 2.05) is 106 Å². The molecule has 0 spiro atoms. The maximum atomic E-state index is 13.6. The van der Waals surface area contributed by atoms with Crippen LogP contribution in [0.5, 0.6) is 0 Å². The van der Waals surface area contributed by atoms with Crippen molar-refractivity contribution in [3.8, 4) is 0 Å². The fourth-order valence-electron chi connectivity index (χ4n) is 3.66. The number of anilines is 3. The lowest BCUT2D eigenvalue weighted by atomic mass is 10.0. The van der Waals surface area contributed by atoms with Gasteiger partial charge in [-0.15, -0.1) is 0 Å². The molecule has 1 aliphatic rings. The Kier molecular flexibility index (Phi) is 6.11.